The van der Waals surface area contributed by atoms with Crippen molar-refractivity contribution in [1.82, 2.24) is 18.9 Å². The lowest BCUT2D eigenvalue weighted by Gasteiger charge is -2.12. The lowest BCUT2D eigenvalue weighted by atomic mass is 10.2. The van der Waals surface area contributed by atoms with E-state index in [0.29, 0.717) is 18.7 Å². The van der Waals surface area contributed by atoms with Crippen LogP contribution in [0, 0.1) is 0 Å². The highest BCUT2D eigenvalue weighted by Crippen LogP contribution is 2.34. The van der Waals surface area contributed by atoms with Gasteiger partial charge in [-0.2, -0.15) is 0 Å². The van der Waals surface area contributed by atoms with Gasteiger partial charge in [0.15, 0.2) is 11.4 Å². The number of benzene rings is 1. The largest absolute Gasteiger partial charge is 0.424 e. The number of fused-ring (bicyclic) bond motifs is 5. The first kappa shape index (κ1) is 20.0. The van der Waals surface area contributed by atoms with Gasteiger partial charge < -0.3 is 14.0 Å². The van der Waals surface area contributed by atoms with Crippen LogP contribution in [0.2, 0.25) is 0 Å². The summed E-state index contributed by atoms with van der Waals surface area (Å²) in [6, 6.07) is 8.08. The molecule has 31 heavy (non-hydrogen) atoms. The summed E-state index contributed by atoms with van der Waals surface area (Å²) < 4.78 is 15.9. The smallest absolute Gasteiger partial charge is 0.311 e. The van der Waals surface area contributed by atoms with Crippen LogP contribution >= 0.6 is 0 Å². The van der Waals surface area contributed by atoms with Gasteiger partial charge in [-0.25, -0.2) is 9.97 Å². The summed E-state index contributed by atoms with van der Waals surface area (Å²) >= 11 is 0. The summed E-state index contributed by atoms with van der Waals surface area (Å²) in [5.74, 6) is 1.27. The van der Waals surface area contributed by atoms with Crippen molar-refractivity contribution in [3.63, 3.8) is 0 Å². The number of hydrogen-bond acceptors (Lipinski definition) is 5. The second-order valence-corrected chi connectivity index (χ2v) is 8.24. The van der Waals surface area contributed by atoms with E-state index in [-0.39, 0.29) is 12.1 Å². The number of aromatic nitrogens is 4. The predicted octanol–water partition coefficient (Wildman–Crippen LogP) is 4.67. The van der Waals surface area contributed by atoms with E-state index in [1.807, 2.05) is 31.3 Å². The Balaban J connectivity index is 1.77. The van der Waals surface area contributed by atoms with Crippen molar-refractivity contribution in [2.75, 3.05) is 6.61 Å². The molecule has 1 saturated heterocycles. The van der Waals surface area contributed by atoms with Gasteiger partial charge in [0.2, 0.25) is 0 Å². The number of hydrogen-bond donors (Lipinski definition) is 0. The van der Waals surface area contributed by atoms with Gasteiger partial charge in [-0.3, -0.25) is 9.20 Å². The SMILES string of the molecule is CCCC(=O)Oc1cn(C[C@H]2CCCO2)c2nc(CCC)n3c4ccccc4nc3c12. The zero-order valence-corrected chi connectivity index (χ0v) is 18.1. The summed E-state index contributed by atoms with van der Waals surface area (Å²) in [6.07, 6.45) is 7.10. The average Bonchev–Trinajstić information content (AvgIpc) is 3.47. The van der Waals surface area contributed by atoms with Crippen molar-refractivity contribution in [3.8, 4) is 5.75 Å². The molecule has 1 aromatic carbocycles. The summed E-state index contributed by atoms with van der Waals surface area (Å²) in [5, 5.41) is 0.790. The van der Waals surface area contributed by atoms with Crippen molar-refractivity contribution < 1.29 is 14.3 Å². The minimum atomic E-state index is -0.231. The molecule has 0 aliphatic carbocycles. The molecule has 0 spiro atoms. The Labute approximate surface area is 181 Å². The lowest BCUT2D eigenvalue weighted by Crippen LogP contribution is -2.15. The number of aryl methyl sites for hydroxylation is 1. The molecule has 0 saturated carbocycles. The highest BCUT2D eigenvalue weighted by molar-refractivity contribution is 6.00. The maximum atomic E-state index is 12.4. The Hall–Kier alpha value is -2.93. The second-order valence-electron chi connectivity index (χ2n) is 8.24. The number of nitrogens with zero attached hydrogens (tertiary/aromatic N) is 4. The van der Waals surface area contributed by atoms with Gasteiger partial charge in [0.05, 0.1) is 23.7 Å². The number of rotatable bonds is 7. The van der Waals surface area contributed by atoms with Crippen molar-refractivity contribution in [1.29, 1.82) is 0 Å². The van der Waals surface area contributed by atoms with Crippen LogP contribution in [-0.4, -0.2) is 37.6 Å². The Kier molecular flexibility index (Phi) is 5.36. The summed E-state index contributed by atoms with van der Waals surface area (Å²) in [6.45, 7) is 5.61. The number of carbonyl (C=O) groups excluding carboxylic acids is 1. The fourth-order valence-electron chi connectivity index (χ4n) is 4.47. The van der Waals surface area contributed by atoms with E-state index in [2.05, 4.69) is 22.0 Å². The van der Waals surface area contributed by atoms with Crippen LogP contribution in [-0.2, 0) is 22.5 Å². The molecule has 0 unspecified atom stereocenters. The maximum absolute atomic E-state index is 12.4. The number of esters is 1. The van der Waals surface area contributed by atoms with E-state index in [1.54, 1.807) is 0 Å². The number of carbonyl (C=O) groups is 1. The van der Waals surface area contributed by atoms with Gasteiger partial charge in [0, 0.05) is 25.6 Å². The summed E-state index contributed by atoms with van der Waals surface area (Å²) in [4.78, 5) is 22.4. The number of para-hydroxylation sites is 2. The molecule has 0 amide bonds. The van der Waals surface area contributed by atoms with E-state index in [9.17, 15) is 4.79 Å². The van der Waals surface area contributed by atoms with E-state index in [0.717, 1.165) is 72.2 Å². The molecule has 4 aromatic rings. The fourth-order valence-corrected chi connectivity index (χ4v) is 4.47. The first-order valence-corrected chi connectivity index (χ1v) is 11.3. The first-order valence-electron chi connectivity index (χ1n) is 11.3. The number of ether oxygens (including phenoxy) is 2. The van der Waals surface area contributed by atoms with Crippen LogP contribution in [0.25, 0.3) is 27.7 Å². The van der Waals surface area contributed by atoms with Gasteiger partial charge in [0.25, 0.3) is 0 Å². The quantitative estimate of drug-likeness (QED) is 0.406. The van der Waals surface area contributed by atoms with Crippen molar-refractivity contribution in [2.45, 2.75) is 65.0 Å². The second kappa shape index (κ2) is 8.30. The highest BCUT2D eigenvalue weighted by Gasteiger charge is 2.24. The average molecular weight is 421 g/mol. The molecular formula is C24H28N4O3. The van der Waals surface area contributed by atoms with Crippen LogP contribution in [0.5, 0.6) is 5.75 Å². The molecular weight excluding hydrogens is 392 g/mol. The van der Waals surface area contributed by atoms with Crippen molar-refractivity contribution in [3.05, 3.63) is 36.3 Å². The van der Waals surface area contributed by atoms with Crippen LogP contribution in [0.4, 0.5) is 0 Å². The zero-order valence-electron chi connectivity index (χ0n) is 18.1. The number of imidazole rings is 1. The Morgan fingerprint density at radius 1 is 1.19 bits per heavy atom. The summed E-state index contributed by atoms with van der Waals surface area (Å²) in [5.41, 5.74) is 3.53. The molecule has 1 aliphatic heterocycles. The van der Waals surface area contributed by atoms with Gasteiger partial charge in [-0.1, -0.05) is 26.0 Å². The molecule has 4 heterocycles. The topological polar surface area (TPSA) is 70.7 Å². The molecule has 162 valence electrons. The lowest BCUT2D eigenvalue weighted by molar-refractivity contribution is -0.134. The maximum Gasteiger partial charge on any atom is 0.311 e. The first-order chi connectivity index (χ1) is 15.2. The van der Waals surface area contributed by atoms with Crippen LogP contribution in [0.1, 0.15) is 51.8 Å². The molecule has 0 N–H and O–H groups in total. The molecule has 7 heteroatoms. The van der Waals surface area contributed by atoms with Crippen LogP contribution in [0.3, 0.4) is 0 Å². The molecule has 5 rings (SSSR count). The molecule has 1 atom stereocenters. The normalized spacial score (nSPS) is 16.6. The molecule has 3 aromatic heterocycles. The minimum absolute atomic E-state index is 0.154. The molecule has 1 fully saturated rings. The highest BCUT2D eigenvalue weighted by atomic mass is 16.5. The third kappa shape index (κ3) is 3.57. The zero-order chi connectivity index (χ0) is 21.4. The van der Waals surface area contributed by atoms with Gasteiger partial charge in [0.1, 0.15) is 16.9 Å². The van der Waals surface area contributed by atoms with E-state index in [1.165, 1.54) is 0 Å². The molecule has 0 bridgehead atoms. The predicted molar refractivity (Wildman–Crippen MR) is 120 cm³/mol. The Morgan fingerprint density at radius 2 is 2.06 bits per heavy atom. The molecule has 7 nitrogen and oxygen atoms in total. The Bertz CT molecular complexity index is 1250. The van der Waals surface area contributed by atoms with E-state index in [4.69, 9.17) is 19.4 Å². The third-order valence-corrected chi connectivity index (χ3v) is 5.87. The minimum Gasteiger partial charge on any atom is -0.424 e. The Morgan fingerprint density at radius 3 is 2.84 bits per heavy atom. The van der Waals surface area contributed by atoms with Gasteiger partial charge in [-0.15, -0.1) is 0 Å². The van der Waals surface area contributed by atoms with Gasteiger partial charge in [-0.05, 0) is 37.8 Å². The van der Waals surface area contributed by atoms with E-state index >= 15 is 0 Å². The molecule has 1 aliphatic rings. The summed E-state index contributed by atoms with van der Waals surface area (Å²) in [7, 11) is 0. The van der Waals surface area contributed by atoms with Crippen LogP contribution in [0.15, 0.2) is 30.5 Å². The van der Waals surface area contributed by atoms with Gasteiger partial charge >= 0.3 is 5.97 Å². The van der Waals surface area contributed by atoms with Crippen molar-refractivity contribution in [2.24, 2.45) is 0 Å². The van der Waals surface area contributed by atoms with Crippen molar-refractivity contribution >= 4 is 33.7 Å². The fraction of sp³-hybridized carbons (Fsp3) is 0.458. The molecule has 0 radical (unpaired) electrons. The van der Waals surface area contributed by atoms with E-state index < -0.39 is 0 Å². The monoisotopic (exact) mass is 420 g/mol. The standard InChI is InChI=1S/C24H28N4O3/c1-3-8-20-26-23-22(24-25-17-11-5-6-12-18(17)28(20)24)19(31-21(29)9-4-2)15-27(23)14-16-10-7-13-30-16/h5-6,11-12,15-16H,3-4,7-10,13-14H2,1-2H3/t16-/m1/s1. The van der Waals surface area contributed by atoms with Crippen LogP contribution < -0.4 is 4.74 Å². The third-order valence-electron chi connectivity index (χ3n) is 5.87.